The van der Waals surface area contributed by atoms with Gasteiger partial charge in [-0.2, -0.15) is 0 Å². The third-order valence-corrected chi connectivity index (χ3v) is 5.72. The summed E-state index contributed by atoms with van der Waals surface area (Å²) in [5, 5.41) is 9.26. The summed E-state index contributed by atoms with van der Waals surface area (Å²) in [5.41, 5.74) is 0.745. The summed E-state index contributed by atoms with van der Waals surface area (Å²) in [6.45, 7) is 3.84. The van der Waals surface area contributed by atoms with E-state index in [1.54, 1.807) is 24.3 Å². The van der Waals surface area contributed by atoms with Gasteiger partial charge in [0.25, 0.3) is 0 Å². The van der Waals surface area contributed by atoms with Crippen molar-refractivity contribution >= 4 is 21.9 Å². The Morgan fingerprint density at radius 2 is 1.81 bits per heavy atom. The van der Waals surface area contributed by atoms with E-state index in [1.165, 1.54) is 11.9 Å². The molecule has 0 unspecified atom stereocenters. The number of carbonyl (C=O) groups is 2. The number of benzene rings is 1. The molecular formula is C18H27NO6S. The number of carbonyl (C=O) groups excluding carboxylic acids is 1. The van der Waals surface area contributed by atoms with Gasteiger partial charge < -0.3 is 14.7 Å². The van der Waals surface area contributed by atoms with Crippen molar-refractivity contribution in [2.24, 2.45) is 5.92 Å². The number of hydrogen-bond acceptors (Lipinski definition) is 5. The highest BCUT2D eigenvalue weighted by molar-refractivity contribution is 7.91. The molecule has 1 amide bonds. The molecule has 0 aromatic heterocycles. The molecule has 1 aromatic carbocycles. The summed E-state index contributed by atoms with van der Waals surface area (Å²) in [5.74, 6) is -1.08. The van der Waals surface area contributed by atoms with Crippen molar-refractivity contribution in [3.05, 3.63) is 35.9 Å². The number of hydrogen-bond donors (Lipinski definition) is 1. The maximum atomic E-state index is 12.1. The normalized spacial score (nSPS) is 12.6. The third-order valence-electron chi connectivity index (χ3n) is 3.63. The molecule has 146 valence electrons. The molecule has 0 radical (unpaired) electrons. The highest BCUT2D eigenvalue weighted by atomic mass is 32.2. The van der Waals surface area contributed by atoms with Gasteiger partial charge in [-0.1, -0.05) is 44.2 Å². The van der Waals surface area contributed by atoms with Crippen LogP contribution in [0.2, 0.25) is 0 Å². The number of carboxylic acid groups (broad SMARTS) is 1. The van der Waals surface area contributed by atoms with Crippen molar-refractivity contribution in [1.29, 1.82) is 0 Å². The Morgan fingerprint density at radius 3 is 2.35 bits per heavy atom. The molecule has 0 heterocycles. The standard InChI is InChI=1S/C18H27NO6S/c1-14(2)13-26(23,24)11-7-10-19(3)18(22)25-16(17(20)21)12-15-8-5-4-6-9-15/h4-6,8-9,14,16H,7,10-13H2,1-3H3,(H,20,21)/t16-/m0/s1. The number of amides is 1. The van der Waals surface area contributed by atoms with E-state index in [4.69, 9.17) is 4.74 Å². The van der Waals surface area contributed by atoms with Crippen LogP contribution in [0.1, 0.15) is 25.8 Å². The lowest BCUT2D eigenvalue weighted by molar-refractivity contribution is -0.147. The van der Waals surface area contributed by atoms with Gasteiger partial charge in [-0.05, 0) is 17.9 Å². The van der Waals surface area contributed by atoms with Crippen molar-refractivity contribution < 1.29 is 27.9 Å². The Hall–Kier alpha value is -2.09. The van der Waals surface area contributed by atoms with E-state index in [-0.39, 0.29) is 36.8 Å². The summed E-state index contributed by atoms with van der Waals surface area (Å²) >= 11 is 0. The van der Waals surface area contributed by atoms with Crippen LogP contribution in [0, 0.1) is 5.92 Å². The highest BCUT2D eigenvalue weighted by Crippen LogP contribution is 2.09. The van der Waals surface area contributed by atoms with Gasteiger partial charge in [-0.3, -0.25) is 0 Å². The minimum absolute atomic E-state index is 0.0187. The fourth-order valence-corrected chi connectivity index (χ4v) is 4.17. The van der Waals surface area contributed by atoms with Crippen molar-refractivity contribution in [2.75, 3.05) is 25.1 Å². The predicted octanol–water partition coefficient (Wildman–Crippen LogP) is 2.21. The first kappa shape index (κ1) is 22.0. The largest absolute Gasteiger partial charge is 0.478 e. The number of aliphatic carboxylic acids is 1. The number of ether oxygens (including phenoxy) is 1. The molecule has 0 aliphatic rings. The van der Waals surface area contributed by atoms with E-state index in [0.29, 0.717) is 0 Å². The predicted molar refractivity (Wildman–Crippen MR) is 98.8 cm³/mol. The van der Waals surface area contributed by atoms with Crippen LogP contribution < -0.4 is 0 Å². The zero-order valence-electron chi connectivity index (χ0n) is 15.4. The van der Waals surface area contributed by atoms with Crippen LogP contribution in [-0.2, 0) is 25.8 Å². The fourth-order valence-electron chi connectivity index (χ4n) is 2.42. The first-order valence-corrected chi connectivity index (χ1v) is 10.3. The van der Waals surface area contributed by atoms with Gasteiger partial charge in [-0.25, -0.2) is 18.0 Å². The van der Waals surface area contributed by atoms with E-state index >= 15 is 0 Å². The molecule has 26 heavy (non-hydrogen) atoms. The number of nitrogens with zero attached hydrogens (tertiary/aromatic N) is 1. The molecule has 1 atom stereocenters. The zero-order chi connectivity index (χ0) is 19.7. The SMILES string of the molecule is CC(C)CS(=O)(=O)CCCN(C)C(=O)O[C@@H](Cc1ccccc1)C(=O)O. The first-order chi connectivity index (χ1) is 12.1. The quantitative estimate of drug-likeness (QED) is 0.663. The molecular weight excluding hydrogens is 358 g/mol. The molecule has 8 heteroatoms. The third kappa shape index (κ3) is 8.33. The maximum absolute atomic E-state index is 12.1. The van der Waals surface area contributed by atoms with Crippen LogP contribution in [0.3, 0.4) is 0 Å². The minimum atomic E-state index is -3.15. The van der Waals surface area contributed by atoms with Crippen LogP contribution in [-0.4, -0.2) is 61.7 Å². The van der Waals surface area contributed by atoms with Crippen LogP contribution in [0.5, 0.6) is 0 Å². The van der Waals surface area contributed by atoms with Crippen molar-refractivity contribution in [3.8, 4) is 0 Å². The van der Waals surface area contributed by atoms with Crippen LogP contribution in [0.15, 0.2) is 30.3 Å². The number of carboxylic acids is 1. The van der Waals surface area contributed by atoms with Crippen LogP contribution in [0.4, 0.5) is 4.79 Å². The fraction of sp³-hybridized carbons (Fsp3) is 0.556. The van der Waals surface area contributed by atoms with Crippen molar-refractivity contribution in [2.45, 2.75) is 32.8 Å². The number of sulfone groups is 1. The minimum Gasteiger partial charge on any atom is -0.478 e. The molecule has 1 rings (SSSR count). The van der Waals surface area contributed by atoms with Crippen molar-refractivity contribution in [1.82, 2.24) is 4.90 Å². The number of rotatable bonds is 10. The van der Waals surface area contributed by atoms with E-state index in [9.17, 15) is 23.1 Å². The van der Waals surface area contributed by atoms with Crippen LogP contribution in [0.25, 0.3) is 0 Å². The molecule has 0 spiro atoms. The molecule has 0 aliphatic carbocycles. The Morgan fingerprint density at radius 1 is 1.19 bits per heavy atom. The molecule has 7 nitrogen and oxygen atoms in total. The lowest BCUT2D eigenvalue weighted by Gasteiger charge is -2.20. The van der Waals surface area contributed by atoms with Gasteiger partial charge >= 0.3 is 12.1 Å². The van der Waals surface area contributed by atoms with Gasteiger partial charge in [0.2, 0.25) is 6.10 Å². The van der Waals surface area contributed by atoms with Gasteiger partial charge in [0.1, 0.15) is 0 Å². The Labute approximate surface area is 154 Å². The molecule has 0 saturated carbocycles. The maximum Gasteiger partial charge on any atom is 0.410 e. The lowest BCUT2D eigenvalue weighted by Crippen LogP contribution is -2.36. The summed E-state index contributed by atoms with van der Waals surface area (Å²) in [4.78, 5) is 24.6. The Kier molecular flexibility index (Phi) is 8.57. The highest BCUT2D eigenvalue weighted by Gasteiger charge is 2.24. The average molecular weight is 385 g/mol. The van der Waals surface area contributed by atoms with Crippen LogP contribution >= 0.6 is 0 Å². The van der Waals surface area contributed by atoms with Gasteiger partial charge in [0.05, 0.1) is 11.5 Å². The van der Waals surface area contributed by atoms with Gasteiger partial charge in [0, 0.05) is 20.0 Å². The molecule has 0 saturated heterocycles. The van der Waals surface area contributed by atoms with E-state index in [1.807, 2.05) is 19.9 Å². The second kappa shape index (κ2) is 10.2. The van der Waals surface area contributed by atoms with Gasteiger partial charge in [-0.15, -0.1) is 0 Å². The molecule has 0 bridgehead atoms. The first-order valence-electron chi connectivity index (χ1n) is 8.49. The summed E-state index contributed by atoms with van der Waals surface area (Å²) in [7, 11) is -1.70. The molecule has 1 N–H and O–H groups in total. The Balaban J connectivity index is 2.52. The monoisotopic (exact) mass is 385 g/mol. The zero-order valence-corrected chi connectivity index (χ0v) is 16.2. The molecule has 1 aromatic rings. The van der Waals surface area contributed by atoms with Crippen molar-refractivity contribution in [3.63, 3.8) is 0 Å². The second-order valence-electron chi connectivity index (χ2n) is 6.68. The molecule has 0 fully saturated rings. The second-order valence-corrected chi connectivity index (χ2v) is 8.91. The lowest BCUT2D eigenvalue weighted by atomic mass is 10.1. The van der Waals surface area contributed by atoms with Gasteiger partial charge in [0.15, 0.2) is 9.84 Å². The topological polar surface area (TPSA) is 101 Å². The summed E-state index contributed by atoms with van der Waals surface area (Å²) < 4.78 is 28.8. The molecule has 0 aliphatic heterocycles. The summed E-state index contributed by atoms with van der Waals surface area (Å²) in [6, 6.07) is 8.88. The Bertz CT molecular complexity index is 687. The average Bonchev–Trinajstić information content (AvgIpc) is 2.53. The smallest absolute Gasteiger partial charge is 0.410 e. The van der Waals surface area contributed by atoms with E-state index in [2.05, 4.69) is 0 Å². The summed E-state index contributed by atoms with van der Waals surface area (Å²) in [6.07, 6.45) is -1.73. The van der Waals surface area contributed by atoms with E-state index < -0.39 is 28.0 Å². The van der Waals surface area contributed by atoms with E-state index in [0.717, 1.165) is 5.56 Å².